The minimum atomic E-state index is 0.391. The molecule has 1 saturated carbocycles. The van der Waals surface area contributed by atoms with E-state index in [1.165, 1.54) is 19.3 Å². The monoisotopic (exact) mass is 229 g/mol. The molecule has 0 amide bonds. The van der Waals surface area contributed by atoms with E-state index < -0.39 is 0 Å². The normalized spacial score (nSPS) is 23.7. The highest BCUT2D eigenvalue weighted by Gasteiger charge is 2.18. The molecule has 0 spiro atoms. The molecule has 2 heteroatoms. The molecule has 0 atom stereocenters. The van der Waals surface area contributed by atoms with Crippen LogP contribution in [0.2, 0.25) is 0 Å². The van der Waals surface area contributed by atoms with E-state index in [2.05, 4.69) is 6.92 Å². The highest BCUT2D eigenvalue weighted by Crippen LogP contribution is 2.29. The van der Waals surface area contributed by atoms with Gasteiger partial charge in [0.1, 0.15) is 6.29 Å². The smallest absolute Gasteiger partial charge is 0.123 e. The van der Waals surface area contributed by atoms with Crippen LogP contribution in [0.4, 0.5) is 0 Å². The van der Waals surface area contributed by atoms with Crippen LogP contribution < -0.4 is 0 Å². The fourth-order valence-corrected chi connectivity index (χ4v) is 1.73. The van der Waals surface area contributed by atoms with Gasteiger partial charge in [-0.1, -0.05) is 27.2 Å². The lowest BCUT2D eigenvalue weighted by Gasteiger charge is -2.23. The zero-order chi connectivity index (χ0) is 13.0. The summed E-state index contributed by atoms with van der Waals surface area (Å²) in [4.78, 5) is 12.4. The minimum Gasteiger partial charge on any atom is -0.312 e. The first-order chi connectivity index (χ1) is 7.60. The maximum Gasteiger partial charge on any atom is 0.123 e. The Labute approximate surface area is 102 Å². The molecular weight excluding hydrogens is 198 g/mol. The molecule has 0 saturated heterocycles. The van der Waals surface area contributed by atoms with Gasteiger partial charge in [-0.05, 0) is 52.7 Å². The van der Waals surface area contributed by atoms with Gasteiger partial charge in [0.05, 0.1) is 0 Å². The van der Waals surface area contributed by atoms with Crippen molar-refractivity contribution >= 4 is 6.29 Å². The second-order valence-corrected chi connectivity index (χ2v) is 4.67. The third kappa shape index (κ3) is 11.7. The predicted octanol–water partition coefficient (Wildman–Crippen LogP) is 3.61. The van der Waals surface area contributed by atoms with E-state index in [0.29, 0.717) is 5.92 Å². The molecule has 1 aliphatic carbocycles. The molecule has 0 heterocycles. The van der Waals surface area contributed by atoms with Crippen molar-refractivity contribution in [3.05, 3.63) is 0 Å². The Balaban J connectivity index is 0. The number of nitrogens with zero attached hydrogens (tertiary/aromatic N) is 1. The summed E-state index contributed by atoms with van der Waals surface area (Å²) in [5.74, 6) is 1.30. The molecule has 0 bridgehead atoms. The fourth-order valence-electron chi connectivity index (χ4n) is 1.73. The molecule has 0 aromatic heterocycles. The van der Waals surface area contributed by atoms with Crippen molar-refractivity contribution in [3.63, 3.8) is 0 Å². The average Bonchev–Trinajstić information content (AvgIpc) is 2.31. The van der Waals surface area contributed by atoms with Crippen LogP contribution in [0.25, 0.3) is 0 Å². The summed E-state index contributed by atoms with van der Waals surface area (Å²) in [5.41, 5.74) is 0. The van der Waals surface area contributed by atoms with Gasteiger partial charge in [0.15, 0.2) is 0 Å². The number of rotatable bonds is 2. The molecule has 0 aliphatic heterocycles. The molecule has 1 fully saturated rings. The van der Waals surface area contributed by atoms with Gasteiger partial charge in [-0.15, -0.1) is 0 Å². The van der Waals surface area contributed by atoms with Crippen molar-refractivity contribution in [1.82, 2.24) is 4.90 Å². The van der Waals surface area contributed by atoms with E-state index in [1.54, 1.807) is 0 Å². The zero-order valence-electron chi connectivity index (χ0n) is 12.1. The summed E-state index contributed by atoms with van der Waals surface area (Å²) in [5, 5.41) is 0. The first-order valence-electron chi connectivity index (χ1n) is 6.66. The number of carbonyl (C=O) groups is 1. The lowest BCUT2D eigenvalue weighted by molar-refractivity contribution is -0.112. The Morgan fingerprint density at radius 2 is 1.44 bits per heavy atom. The van der Waals surface area contributed by atoms with Crippen LogP contribution in [-0.2, 0) is 4.79 Å². The van der Waals surface area contributed by atoms with Crippen LogP contribution in [0.15, 0.2) is 0 Å². The summed E-state index contributed by atoms with van der Waals surface area (Å²) < 4.78 is 0. The van der Waals surface area contributed by atoms with Gasteiger partial charge in [-0.2, -0.15) is 0 Å². The van der Waals surface area contributed by atoms with E-state index in [0.717, 1.165) is 25.0 Å². The van der Waals surface area contributed by atoms with Gasteiger partial charge in [-0.25, -0.2) is 0 Å². The predicted molar refractivity (Wildman–Crippen MR) is 72.8 cm³/mol. The lowest BCUT2D eigenvalue weighted by atomic mass is 9.82. The molecular formula is C14H31NO. The summed E-state index contributed by atoms with van der Waals surface area (Å²) in [6.45, 7) is 6.24. The number of hydrogen-bond donors (Lipinski definition) is 0. The van der Waals surface area contributed by atoms with Gasteiger partial charge < -0.3 is 9.69 Å². The molecule has 0 unspecified atom stereocenters. The largest absolute Gasteiger partial charge is 0.312 e. The van der Waals surface area contributed by atoms with Crippen LogP contribution in [0, 0.1) is 11.8 Å². The molecule has 1 aliphatic rings. The minimum absolute atomic E-state index is 0.391. The van der Waals surface area contributed by atoms with Crippen LogP contribution in [0.5, 0.6) is 0 Å². The van der Waals surface area contributed by atoms with Gasteiger partial charge in [-0.3, -0.25) is 0 Å². The quantitative estimate of drug-likeness (QED) is 0.674. The van der Waals surface area contributed by atoms with Crippen molar-refractivity contribution < 1.29 is 4.79 Å². The van der Waals surface area contributed by atoms with Crippen molar-refractivity contribution in [3.8, 4) is 0 Å². The molecule has 0 aromatic rings. The van der Waals surface area contributed by atoms with Crippen LogP contribution >= 0.6 is 0 Å². The van der Waals surface area contributed by atoms with E-state index in [-0.39, 0.29) is 0 Å². The Hall–Kier alpha value is -0.370. The van der Waals surface area contributed by atoms with Crippen molar-refractivity contribution in [2.24, 2.45) is 11.8 Å². The van der Waals surface area contributed by atoms with E-state index in [1.807, 2.05) is 39.9 Å². The van der Waals surface area contributed by atoms with Gasteiger partial charge >= 0.3 is 0 Å². The second kappa shape index (κ2) is 12.7. The number of aldehydes is 1. The Morgan fingerprint density at radius 3 is 1.69 bits per heavy atom. The van der Waals surface area contributed by atoms with E-state index in [9.17, 15) is 4.79 Å². The highest BCUT2D eigenvalue weighted by molar-refractivity contribution is 5.53. The van der Waals surface area contributed by atoms with E-state index >= 15 is 0 Å². The maximum absolute atomic E-state index is 10.4. The SMILES string of the molecule is CC.CCC1CCC(C=O)CC1.CN(C)C. The Kier molecular flexibility index (Phi) is 14.3. The molecule has 2 nitrogen and oxygen atoms in total. The first-order valence-corrected chi connectivity index (χ1v) is 6.66. The topological polar surface area (TPSA) is 20.3 Å². The number of carbonyl (C=O) groups excluding carboxylic acids is 1. The van der Waals surface area contributed by atoms with Gasteiger partial charge in [0.2, 0.25) is 0 Å². The van der Waals surface area contributed by atoms with Gasteiger partial charge in [0.25, 0.3) is 0 Å². The molecule has 0 aromatic carbocycles. The maximum atomic E-state index is 10.4. The molecule has 16 heavy (non-hydrogen) atoms. The molecule has 1 rings (SSSR count). The van der Waals surface area contributed by atoms with Crippen molar-refractivity contribution in [2.45, 2.75) is 52.9 Å². The lowest BCUT2D eigenvalue weighted by Crippen LogP contribution is -2.14. The summed E-state index contributed by atoms with van der Waals surface area (Å²) in [7, 11) is 6.00. The van der Waals surface area contributed by atoms with Crippen LogP contribution in [0.1, 0.15) is 52.9 Å². The second-order valence-electron chi connectivity index (χ2n) is 4.67. The van der Waals surface area contributed by atoms with Gasteiger partial charge in [0, 0.05) is 5.92 Å². The van der Waals surface area contributed by atoms with Crippen molar-refractivity contribution in [2.75, 3.05) is 21.1 Å². The third-order valence-electron chi connectivity index (χ3n) is 2.66. The number of hydrogen-bond acceptors (Lipinski definition) is 2. The summed E-state index contributed by atoms with van der Waals surface area (Å²) >= 11 is 0. The molecule has 0 N–H and O–H groups in total. The summed E-state index contributed by atoms with van der Waals surface area (Å²) in [6.07, 6.45) is 7.27. The fraction of sp³-hybridized carbons (Fsp3) is 0.929. The summed E-state index contributed by atoms with van der Waals surface area (Å²) in [6, 6.07) is 0. The zero-order valence-corrected chi connectivity index (χ0v) is 12.1. The van der Waals surface area contributed by atoms with Crippen molar-refractivity contribution in [1.29, 1.82) is 0 Å². The van der Waals surface area contributed by atoms with Crippen LogP contribution in [-0.4, -0.2) is 32.3 Å². The Morgan fingerprint density at radius 1 is 1.06 bits per heavy atom. The van der Waals surface area contributed by atoms with E-state index in [4.69, 9.17) is 0 Å². The standard InChI is InChI=1S/C9H16O.C3H9N.C2H6/c1-2-8-3-5-9(7-10)6-4-8;1-4(2)3;1-2/h7-9H,2-6H2,1H3;1-3H3;1-2H3. The molecule has 0 radical (unpaired) electrons. The first kappa shape index (κ1) is 18.0. The van der Waals surface area contributed by atoms with Crippen LogP contribution in [0.3, 0.4) is 0 Å². The Bertz CT molecular complexity index is 135. The highest BCUT2D eigenvalue weighted by atomic mass is 16.1. The average molecular weight is 229 g/mol. The third-order valence-corrected chi connectivity index (χ3v) is 2.66. The molecule has 98 valence electrons.